The first-order chi connectivity index (χ1) is 10.2. The van der Waals surface area contributed by atoms with Crippen LogP contribution in [0.5, 0.6) is 0 Å². The summed E-state index contributed by atoms with van der Waals surface area (Å²) < 4.78 is 38.0. The van der Waals surface area contributed by atoms with Crippen LogP contribution >= 0.6 is 0 Å². The van der Waals surface area contributed by atoms with Gasteiger partial charge >= 0.3 is 6.18 Å². The lowest BCUT2D eigenvalue weighted by Crippen LogP contribution is -2.42. The molecule has 1 saturated heterocycles. The van der Waals surface area contributed by atoms with Crippen molar-refractivity contribution in [2.75, 3.05) is 5.32 Å². The van der Waals surface area contributed by atoms with Gasteiger partial charge in [-0.05, 0) is 13.3 Å². The maximum atomic E-state index is 12.7. The molecule has 2 heterocycles. The molecule has 8 heteroatoms. The fourth-order valence-electron chi connectivity index (χ4n) is 2.75. The lowest BCUT2D eigenvalue weighted by atomic mass is 9.73. The molecule has 118 valence electrons. The molecule has 0 spiro atoms. The van der Waals surface area contributed by atoms with E-state index in [1.54, 1.807) is 0 Å². The highest BCUT2D eigenvalue weighted by Crippen LogP contribution is 2.42. The Bertz CT molecular complexity index is 658. The molecule has 0 aromatic carbocycles. The van der Waals surface area contributed by atoms with E-state index < -0.39 is 23.8 Å². The molecule has 0 bridgehead atoms. The minimum absolute atomic E-state index is 0.0590. The van der Waals surface area contributed by atoms with Gasteiger partial charge in [-0.1, -0.05) is 19.1 Å². The van der Waals surface area contributed by atoms with E-state index >= 15 is 0 Å². The molecule has 3 atom stereocenters. The van der Waals surface area contributed by atoms with Crippen molar-refractivity contribution in [3.63, 3.8) is 0 Å². The second kappa shape index (κ2) is 4.77. The monoisotopic (exact) mass is 312 g/mol. The summed E-state index contributed by atoms with van der Waals surface area (Å²) in [6.45, 7) is 3.53. The van der Waals surface area contributed by atoms with Crippen molar-refractivity contribution >= 4 is 11.7 Å². The maximum Gasteiger partial charge on any atom is 0.434 e. The average molecular weight is 312 g/mol. The molecule has 5 nitrogen and oxygen atoms in total. The number of hydrogen-bond acceptors (Lipinski definition) is 4. The quantitative estimate of drug-likeness (QED) is 0.820. The number of carbonyl (C=O) groups is 1. The number of carbonyl (C=O) groups excluding carboxylic acids is 1. The van der Waals surface area contributed by atoms with Gasteiger partial charge in [-0.25, -0.2) is 4.98 Å². The number of nitrogens with zero attached hydrogens (tertiary/aromatic N) is 2. The van der Waals surface area contributed by atoms with Crippen molar-refractivity contribution in [3.05, 3.63) is 29.7 Å². The van der Waals surface area contributed by atoms with Crippen LogP contribution in [0.4, 0.5) is 19.0 Å². The number of nitrogens with one attached hydrogen (secondary N) is 2. The van der Waals surface area contributed by atoms with E-state index in [2.05, 4.69) is 20.6 Å². The Morgan fingerprint density at radius 3 is 2.73 bits per heavy atom. The zero-order valence-corrected chi connectivity index (χ0v) is 12.0. The summed E-state index contributed by atoms with van der Waals surface area (Å²) >= 11 is 0. The summed E-state index contributed by atoms with van der Waals surface area (Å²) in [5, 5.41) is 5.59. The zero-order valence-electron chi connectivity index (χ0n) is 12.0. The van der Waals surface area contributed by atoms with Gasteiger partial charge in [0.15, 0.2) is 11.5 Å². The van der Waals surface area contributed by atoms with Gasteiger partial charge in [0.05, 0.1) is 17.9 Å². The molecule has 3 rings (SSSR count). The van der Waals surface area contributed by atoms with Crippen LogP contribution in [-0.2, 0) is 11.0 Å². The van der Waals surface area contributed by atoms with Gasteiger partial charge in [0.2, 0.25) is 5.91 Å². The van der Waals surface area contributed by atoms with Crippen molar-refractivity contribution in [1.29, 1.82) is 0 Å². The number of hydrogen-bond donors (Lipinski definition) is 2. The first kappa shape index (κ1) is 15.0. The second-order valence-corrected chi connectivity index (χ2v) is 5.94. The van der Waals surface area contributed by atoms with Gasteiger partial charge in [-0.15, -0.1) is 0 Å². The number of rotatable bonds is 2. The molecule has 1 aliphatic carbocycles. The third-order valence-electron chi connectivity index (χ3n) is 4.21. The zero-order chi connectivity index (χ0) is 16.1. The summed E-state index contributed by atoms with van der Waals surface area (Å²) in [4.78, 5) is 19.4. The Morgan fingerprint density at radius 1 is 1.50 bits per heavy atom. The lowest BCUT2D eigenvalue weighted by molar-refractivity contribution is -0.141. The molecular formula is C14H15F3N4O. The van der Waals surface area contributed by atoms with E-state index in [-0.39, 0.29) is 23.0 Å². The normalized spacial score (nSPS) is 29.9. The highest BCUT2D eigenvalue weighted by molar-refractivity contribution is 5.95. The summed E-state index contributed by atoms with van der Waals surface area (Å²) in [6.07, 6.45) is 0.674. The molecule has 0 radical (unpaired) electrons. The standard InChI is InChI=1S/C14H15F3N4O/c1-7-11(20-10(6-18-7)14(15,16)17)21-12(22)8-5-13(2)4-3-9(13)19-8/h3-4,6,8-9,19H,5H2,1-2H3,(H,20,21,22)/t8-,9+,13+/m0/s1. The SMILES string of the molecule is Cc1ncc(C(F)(F)F)nc1NC(=O)[C@@H]1C[C@@]2(C)C=C[C@H]2N1. The fraction of sp³-hybridized carbons (Fsp3) is 0.500. The second-order valence-electron chi connectivity index (χ2n) is 5.94. The number of anilines is 1. The van der Waals surface area contributed by atoms with Crippen LogP contribution in [0, 0.1) is 12.3 Å². The predicted molar refractivity (Wildman–Crippen MR) is 73.0 cm³/mol. The number of aryl methyl sites for hydroxylation is 1. The highest BCUT2D eigenvalue weighted by Gasteiger charge is 2.47. The van der Waals surface area contributed by atoms with Crippen LogP contribution in [0.2, 0.25) is 0 Å². The number of halogens is 3. The number of aromatic nitrogens is 2. The van der Waals surface area contributed by atoms with Crippen molar-refractivity contribution in [2.24, 2.45) is 5.41 Å². The molecule has 1 aliphatic heterocycles. The number of alkyl halides is 3. The topological polar surface area (TPSA) is 66.9 Å². The van der Waals surface area contributed by atoms with E-state index in [4.69, 9.17) is 0 Å². The van der Waals surface area contributed by atoms with E-state index in [0.29, 0.717) is 12.6 Å². The Balaban J connectivity index is 1.75. The summed E-state index contributed by atoms with van der Waals surface area (Å²) in [5.41, 5.74) is -0.940. The van der Waals surface area contributed by atoms with E-state index in [1.165, 1.54) is 6.92 Å². The highest BCUT2D eigenvalue weighted by atomic mass is 19.4. The molecule has 1 aromatic rings. The van der Waals surface area contributed by atoms with Crippen LogP contribution in [0.15, 0.2) is 18.3 Å². The molecule has 22 heavy (non-hydrogen) atoms. The molecular weight excluding hydrogens is 297 g/mol. The van der Waals surface area contributed by atoms with Crippen LogP contribution in [0.3, 0.4) is 0 Å². The molecule has 1 fully saturated rings. The predicted octanol–water partition coefficient (Wildman–Crippen LogP) is 2.05. The van der Waals surface area contributed by atoms with Crippen LogP contribution < -0.4 is 10.6 Å². The lowest BCUT2D eigenvalue weighted by Gasteiger charge is -2.33. The number of fused-ring (bicyclic) bond motifs is 1. The minimum atomic E-state index is -4.59. The van der Waals surface area contributed by atoms with Crippen molar-refractivity contribution in [2.45, 2.75) is 38.5 Å². The van der Waals surface area contributed by atoms with E-state index in [9.17, 15) is 18.0 Å². The largest absolute Gasteiger partial charge is 0.434 e. The third kappa shape index (κ3) is 2.47. The Labute approximate surface area is 125 Å². The smallest absolute Gasteiger partial charge is 0.308 e. The molecule has 0 saturated carbocycles. The maximum absolute atomic E-state index is 12.7. The molecule has 0 unspecified atom stereocenters. The molecule has 1 amide bonds. The van der Waals surface area contributed by atoms with Gasteiger partial charge in [0.25, 0.3) is 0 Å². The number of amides is 1. The third-order valence-corrected chi connectivity index (χ3v) is 4.21. The van der Waals surface area contributed by atoms with Crippen molar-refractivity contribution < 1.29 is 18.0 Å². The Kier molecular flexibility index (Phi) is 3.24. The van der Waals surface area contributed by atoms with Gasteiger partial charge in [-0.3, -0.25) is 15.1 Å². The summed E-state index contributed by atoms with van der Waals surface area (Å²) in [5.74, 6) is -0.548. The van der Waals surface area contributed by atoms with Crippen molar-refractivity contribution in [1.82, 2.24) is 15.3 Å². The summed E-state index contributed by atoms with van der Waals surface area (Å²) in [6, 6.07) is -0.322. The molecule has 1 aromatic heterocycles. The Morgan fingerprint density at radius 2 is 2.23 bits per heavy atom. The van der Waals surface area contributed by atoms with Crippen LogP contribution in [-0.4, -0.2) is 28.0 Å². The van der Waals surface area contributed by atoms with Gasteiger partial charge in [0.1, 0.15) is 0 Å². The fourth-order valence-corrected chi connectivity index (χ4v) is 2.75. The van der Waals surface area contributed by atoms with Crippen LogP contribution in [0.25, 0.3) is 0 Å². The average Bonchev–Trinajstić information content (AvgIpc) is 2.64. The first-order valence-electron chi connectivity index (χ1n) is 6.86. The summed E-state index contributed by atoms with van der Waals surface area (Å²) in [7, 11) is 0. The van der Waals surface area contributed by atoms with Gasteiger partial charge in [0, 0.05) is 11.5 Å². The Hall–Kier alpha value is -1.96. The van der Waals surface area contributed by atoms with E-state index in [1.807, 2.05) is 19.1 Å². The van der Waals surface area contributed by atoms with Gasteiger partial charge < -0.3 is 5.32 Å². The van der Waals surface area contributed by atoms with Crippen LogP contribution in [0.1, 0.15) is 24.7 Å². The molecule has 2 N–H and O–H groups in total. The molecule has 2 aliphatic rings. The van der Waals surface area contributed by atoms with Crippen molar-refractivity contribution in [3.8, 4) is 0 Å². The van der Waals surface area contributed by atoms with Gasteiger partial charge in [-0.2, -0.15) is 13.2 Å². The van der Waals surface area contributed by atoms with E-state index in [0.717, 1.165) is 0 Å². The minimum Gasteiger partial charge on any atom is -0.308 e. The first-order valence-corrected chi connectivity index (χ1v) is 6.86.